The van der Waals surface area contributed by atoms with Crippen molar-refractivity contribution in [1.29, 1.82) is 0 Å². The average molecular weight is 293 g/mol. The number of likely N-dealkylation sites (tertiary alicyclic amines) is 1. The predicted octanol–water partition coefficient (Wildman–Crippen LogP) is 1.71. The molecule has 2 heterocycles. The van der Waals surface area contributed by atoms with Gasteiger partial charge in [-0.1, -0.05) is 11.6 Å². The van der Waals surface area contributed by atoms with Crippen molar-refractivity contribution in [2.45, 2.75) is 18.6 Å². The predicted molar refractivity (Wildman–Crippen MR) is 62.0 cm³/mol. The smallest absolute Gasteiger partial charge is 0.407 e. The molecule has 0 radical (unpaired) electrons. The van der Waals surface area contributed by atoms with Gasteiger partial charge in [-0.2, -0.15) is 5.10 Å². The Balaban J connectivity index is 2.26. The van der Waals surface area contributed by atoms with Crippen LogP contribution >= 0.6 is 11.6 Å². The third-order valence-corrected chi connectivity index (χ3v) is 3.27. The summed E-state index contributed by atoms with van der Waals surface area (Å²) in [6, 6.07) is -0.652. The van der Waals surface area contributed by atoms with Gasteiger partial charge in [-0.05, 0) is 0 Å². The molecule has 0 spiro atoms. The zero-order valence-electron chi connectivity index (χ0n) is 9.57. The number of nitrogens with zero attached hydrogens (tertiary/aromatic N) is 4. The quantitative estimate of drug-likeness (QED) is 0.660. The molecule has 1 aliphatic rings. The van der Waals surface area contributed by atoms with Gasteiger partial charge >= 0.3 is 11.8 Å². The summed E-state index contributed by atoms with van der Waals surface area (Å²) in [6.45, 7) is -0.221. The number of alkyl halides is 1. The first kappa shape index (κ1) is 13.5. The van der Waals surface area contributed by atoms with Gasteiger partial charge in [0.05, 0.1) is 17.5 Å². The third kappa shape index (κ3) is 2.60. The number of halogens is 2. The van der Waals surface area contributed by atoms with Crippen molar-refractivity contribution in [2.75, 3.05) is 13.1 Å². The summed E-state index contributed by atoms with van der Waals surface area (Å²) in [6.07, 6.45) is -1.61. The fraction of sp³-hybridized carbons (Fsp3) is 0.556. The first-order valence-corrected chi connectivity index (χ1v) is 5.77. The van der Waals surface area contributed by atoms with E-state index >= 15 is 0 Å². The maximum Gasteiger partial charge on any atom is 0.407 e. The third-order valence-electron chi connectivity index (χ3n) is 2.91. The summed E-state index contributed by atoms with van der Waals surface area (Å²) in [5.74, 6) is 0. The fourth-order valence-corrected chi connectivity index (χ4v) is 2.36. The van der Waals surface area contributed by atoms with Crippen molar-refractivity contribution in [3.05, 3.63) is 21.5 Å². The van der Waals surface area contributed by atoms with E-state index < -0.39 is 23.2 Å². The molecule has 0 aliphatic carbocycles. The normalized spacial score (nSPS) is 23.4. The molecule has 1 aromatic heterocycles. The Bertz CT molecular complexity index is 522. The van der Waals surface area contributed by atoms with Gasteiger partial charge in [0.25, 0.3) is 0 Å². The van der Waals surface area contributed by atoms with Gasteiger partial charge in [-0.15, -0.1) is 0 Å². The fourth-order valence-electron chi connectivity index (χ4n) is 2.06. The molecular weight excluding hydrogens is 283 g/mol. The number of aromatic nitrogens is 2. The zero-order chi connectivity index (χ0) is 14.2. The standard InChI is InChI=1S/C9H10ClFN4O4/c10-8-7(15(18)19)2-12-14(8)6-1-5(11)3-13(4-6)9(16)17/h2,5-6H,1,3-4H2,(H,16,17). The zero-order valence-corrected chi connectivity index (χ0v) is 10.3. The van der Waals surface area contributed by atoms with Crippen molar-refractivity contribution in [2.24, 2.45) is 0 Å². The van der Waals surface area contributed by atoms with E-state index in [0.717, 1.165) is 15.8 Å². The van der Waals surface area contributed by atoms with E-state index in [9.17, 15) is 19.3 Å². The minimum absolute atomic E-state index is 0.00565. The van der Waals surface area contributed by atoms with Crippen LogP contribution in [0.15, 0.2) is 6.20 Å². The highest BCUT2D eigenvalue weighted by atomic mass is 35.5. The van der Waals surface area contributed by atoms with Gasteiger partial charge in [0, 0.05) is 13.0 Å². The molecule has 2 rings (SSSR count). The van der Waals surface area contributed by atoms with Gasteiger partial charge < -0.3 is 10.0 Å². The summed E-state index contributed by atoms with van der Waals surface area (Å²) < 4.78 is 14.6. The van der Waals surface area contributed by atoms with Crippen molar-refractivity contribution < 1.29 is 19.2 Å². The molecule has 0 saturated carbocycles. The maximum atomic E-state index is 13.5. The Morgan fingerprint density at radius 3 is 2.84 bits per heavy atom. The van der Waals surface area contributed by atoms with E-state index in [1.54, 1.807) is 0 Å². The molecule has 104 valence electrons. The molecule has 1 N–H and O–H groups in total. The highest BCUT2D eigenvalue weighted by Gasteiger charge is 2.34. The lowest BCUT2D eigenvalue weighted by Gasteiger charge is -2.32. The van der Waals surface area contributed by atoms with Crippen LogP contribution < -0.4 is 0 Å². The Labute approximate surface area is 111 Å². The molecule has 1 aromatic rings. The van der Waals surface area contributed by atoms with E-state index in [4.69, 9.17) is 16.7 Å². The van der Waals surface area contributed by atoms with E-state index in [0.29, 0.717) is 0 Å². The number of amides is 1. The van der Waals surface area contributed by atoms with Crippen LogP contribution in [-0.4, -0.2) is 50.1 Å². The van der Waals surface area contributed by atoms with E-state index in [2.05, 4.69) is 5.10 Å². The summed E-state index contributed by atoms with van der Waals surface area (Å²) in [4.78, 5) is 21.7. The van der Waals surface area contributed by atoms with Crippen LogP contribution in [0.3, 0.4) is 0 Å². The number of rotatable bonds is 2. The molecule has 0 aromatic carbocycles. The van der Waals surface area contributed by atoms with Crippen LogP contribution in [0.5, 0.6) is 0 Å². The number of carbonyl (C=O) groups is 1. The van der Waals surface area contributed by atoms with E-state index in [1.807, 2.05) is 0 Å². The van der Waals surface area contributed by atoms with Crippen LogP contribution in [0.25, 0.3) is 0 Å². The summed E-state index contributed by atoms with van der Waals surface area (Å²) >= 11 is 5.80. The minimum Gasteiger partial charge on any atom is -0.465 e. The van der Waals surface area contributed by atoms with Crippen LogP contribution in [0.1, 0.15) is 12.5 Å². The molecule has 2 unspecified atom stereocenters. The number of nitro groups is 1. The van der Waals surface area contributed by atoms with Gasteiger partial charge in [-0.3, -0.25) is 10.1 Å². The van der Waals surface area contributed by atoms with E-state index in [-0.39, 0.29) is 30.4 Å². The summed E-state index contributed by atoms with van der Waals surface area (Å²) in [5.41, 5.74) is -0.385. The number of hydrogen-bond donors (Lipinski definition) is 1. The second kappa shape index (κ2) is 5.00. The lowest BCUT2D eigenvalue weighted by Crippen LogP contribution is -2.45. The van der Waals surface area contributed by atoms with Gasteiger partial charge in [-0.25, -0.2) is 13.9 Å². The average Bonchev–Trinajstić information content (AvgIpc) is 2.70. The van der Waals surface area contributed by atoms with Crippen molar-refractivity contribution in [3.63, 3.8) is 0 Å². The minimum atomic E-state index is -1.35. The first-order chi connectivity index (χ1) is 8.90. The summed E-state index contributed by atoms with van der Waals surface area (Å²) in [5, 5.41) is 23.0. The number of carboxylic acid groups (broad SMARTS) is 1. The molecule has 2 atom stereocenters. The SMILES string of the molecule is O=C(O)N1CC(F)CC(n2ncc([N+](=O)[O-])c2Cl)C1. The van der Waals surface area contributed by atoms with Crippen LogP contribution in [0.2, 0.25) is 5.15 Å². The Morgan fingerprint density at radius 1 is 1.63 bits per heavy atom. The van der Waals surface area contributed by atoms with Crippen molar-refractivity contribution in [1.82, 2.24) is 14.7 Å². The molecule has 1 amide bonds. The van der Waals surface area contributed by atoms with Crippen molar-refractivity contribution >= 4 is 23.4 Å². The largest absolute Gasteiger partial charge is 0.465 e. The van der Waals surface area contributed by atoms with E-state index in [1.165, 1.54) is 0 Å². The molecular formula is C9H10ClFN4O4. The molecule has 10 heteroatoms. The molecule has 8 nitrogen and oxygen atoms in total. The Hall–Kier alpha value is -1.90. The number of piperidine rings is 1. The van der Waals surface area contributed by atoms with Crippen LogP contribution in [-0.2, 0) is 0 Å². The molecule has 1 fully saturated rings. The Morgan fingerprint density at radius 2 is 2.32 bits per heavy atom. The van der Waals surface area contributed by atoms with Crippen LogP contribution in [0, 0.1) is 10.1 Å². The maximum absolute atomic E-state index is 13.5. The van der Waals surface area contributed by atoms with Gasteiger partial charge in [0.1, 0.15) is 12.4 Å². The van der Waals surface area contributed by atoms with Gasteiger partial charge in [0.15, 0.2) is 0 Å². The number of hydrogen-bond acceptors (Lipinski definition) is 4. The lowest BCUT2D eigenvalue weighted by molar-refractivity contribution is -0.384. The topological polar surface area (TPSA) is 102 Å². The summed E-state index contributed by atoms with van der Waals surface area (Å²) in [7, 11) is 0. The first-order valence-electron chi connectivity index (χ1n) is 5.39. The second-order valence-electron chi connectivity index (χ2n) is 4.20. The van der Waals surface area contributed by atoms with Gasteiger partial charge in [0.2, 0.25) is 5.15 Å². The monoisotopic (exact) mass is 292 g/mol. The molecule has 0 bridgehead atoms. The molecule has 1 saturated heterocycles. The highest BCUT2D eigenvalue weighted by molar-refractivity contribution is 6.31. The highest BCUT2D eigenvalue weighted by Crippen LogP contribution is 2.31. The second-order valence-corrected chi connectivity index (χ2v) is 4.55. The lowest BCUT2D eigenvalue weighted by atomic mass is 10.1. The molecule has 19 heavy (non-hydrogen) atoms. The Kier molecular flexibility index (Phi) is 3.56. The van der Waals surface area contributed by atoms with Crippen molar-refractivity contribution in [3.8, 4) is 0 Å². The van der Waals surface area contributed by atoms with Crippen LogP contribution in [0.4, 0.5) is 14.9 Å². The molecule has 1 aliphatic heterocycles.